The van der Waals surface area contributed by atoms with Gasteiger partial charge in [0, 0.05) is 33.3 Å². The summed E-state index contributed by atoms with van der Waals surface area (Å²) in [5, 5.41) is 3.45. The van der Waals surface area contributed by atoms with E-state index in [4.69, 9.17) is 4.74 Å². The first-order valence-electron chi connectivity index (χ1n) is 5.68. The summed E-state index contributed by atoms with van der Waals surface area (Å²) in [5.41, 5.74) is 0.503. The van der Waals surface area contributed by atoms with E-state index in [0.29, 0.717) is 11.5 Å². The summed E-state index contributed by atoms with van der Waals surface area (Å²) in [6.45, 7) is 8.35. The highest BCUT2D eigenvalue weighted by Gasteiger charge is 2.33. The van der Waals surface area contributed by atoms with Crippen molar-refractivity contribution in [2.75, 3.05) is 39.8 Å². The molecule has 90 valence electrons. The van der Waals surface area contributed by atoms with E-state index in [1.54, 1.807) is 0 Å². The quantitative estimate of drug-likeness (QED) is 0.793. The second-order valence-corrected chi connectivity index (χ2v) is 5.12. The topological polar surface area (TPSA) is 24.5 Å². The molecule has 0 bridgehead atoms. The normalized spacial score (nSPS) is 36.8. The minimum Gasteiger partial charge on any atom is -0.380 e. The van der Waals surface area contributed by atoms with Crippen LogP contribution in [-0.2, 0) is 4.74 Å². The molecule has 2 fully saturated rings. The van der Waals surface area contributed by atoms with Crippen molar-refractivity contribution >= 4 is 12.4 Å². The van der Waals surface area contributed by atoms with Gasteiger partial charge in [-0.3, -0.25) is 0 Å². The Morgan fingerprint density at radius 3 is 2.87 bits per heavy atom. The molecule has 0 amide bonds. The first kappa shape index (κ1) is 13.2. The number of ether oxygens (including phenoxy) is 1. The van der Waals surface area contributed by atoms with Crippen molar-refractivity contribution in [2.24, 2.45) is 5.41 Å². The van der Waals surface area contributed by atoms with E-state index in [1.165, 1.54) is 39.0 Å². The van der Waals surface area contributed by atoms with Crippen molar-refractivity contribution in [2.45, 2.75) is 25.9 Å². The van der Waals surface area contributed by atoms with Crippen LogP contribution in [0, 0.1) is 5.41 Å². The molecule has 4 heteroatoms. The molecule has 2 heterocycles. The SMILES string of the molecule is CO[C@@H]1CCN(CC2(C)CCNC2)C1.Cl. The summed E-state index contributed by atoms with van der Waals surface area (Å²) >= 11 is 0. The lowest BCUT2D eigenvalue weighted by molar-refractivity contribution is 0.101. The van der Waals surface area contributed by atoms with Gasteiger partial charge in [0.1, 0.15) is 0 Å². The molecular weight excluding hydrogens is 212 g/mol. The summed E-state index contributed by atoms with van der Waals surface area (Å²) in [6, 6.07) is 0. The van der Waals surface area contributed by atoms with E-state index < -0.39 is 0 Å². The number of halogens is 1. The van der Waals surface area contributed by atoms with Crippen LogP contribution in [0.4, 0.5) is 0 Å². The zero-order valence-corrected chi connectivity index (χ0v) is 10.6. The van der Waals surface area contributed by atoms with Gasteiger partial charge in [0.05, 0.1) is 6.10 Å². The van der Waals surface area contributed by atoms with Crippen LogP contribution in [0.25, 0.3) is 0 Å². The second kappa shape index (κ2) is 5.48. The molecule has 3 nitrogen and oxygen atoms in total. The van der Waals surface area contributed by atoms with Gasteiger partial charge in [-0.25, -0.2) is 0 Å². The maximum Gasteiger partial charge on any atom is 0.0710 e. The standard InChI is InChI=1S/C11H22N2O.ClH/c1-11(4-5-12-8-11)9-13-6-3-10(7-13)14-2;/h10,12H,3-9H2,1-2H3;1H/t10-,11?;/m1./s1. The Labute approximate surface area is 99.0 Å². The smallest absolute Gasteiger partial charge is 0.0710 e. The van der Waals surface area contributed by atoms with E-state index >= 15 is 0 Å². The molecular formula is C11H23ClN2O. The predicted octanol–water partition coefficient (Wildman–Crippen LogP) is 1.13. The maximum atomic E-state index is 5.38. The minimum absolute atomic E-state index is 0. The summed E-state index contributed by atoms with van der Waals surface area (Å²) in [4.78, 5) is 2.56. The lowest BCUT2D eigenvalue weighted by Gasteiger charge is -2.28. The summed E-state index contributed by atoms with van der Waals surface area (Å²) in [6.07, 6.45) is 3.01. The fraction of sp³-hybridized carbons (Fsp3) is 1.00. The molecule has 2 aliphatic rings. The van der Waals surface area contributed by atoms with Gasteiger partial charge in [-0.1, -0.05) is 6.92 Å². The van der Waals surface area contributed by atoms with Crippen LogP contribution in [0.1, 0.15) is 19.8 Å². The van der Waals surface area contributed by atoms with Gasteiger partial charge < -0.3 is 15.0 Å². The van der Waals surface area contributed by atoms with Gasteiger partial charge in [-0.05, 0) is 24.8 Å². The average molecular weight is 235 g/mol. The van der Waals surface area contributed by atoms with E-state index in [2.05, 4.69) is 17.1 Å². The van der Waals surface area contributed by atoms with Gasteiger partial charge in [-0.15, -0.1) is 12.4 Å². The second-order valence-electron chi connectivity index (χ2n) is 5.12. The van der Waals surface area contributed by atoms with Crippen molar-refractivity contribution in [3.63, 3.8) is 0 Å². The molecule has 1 unspecified atom stereocenters. The highest BCUT2D eigenvalue weighted by atomic mass is 35.5. The van der Waals surface area contributed by atoms with E-state index in [9.17, 15) is 0 Å². The van der Waals surface area contributed by atoms with Crippen LogP contribution < -0.4 is 5.32 Å². The van der Waals surface area contributed by atoms with Gasteiger partial charge in [0.25, 0.3) is 0 Å². The predicted molar refractivity (Wildman–Crippen MR) is 64.7 cm³/mol. The summed E-state index contributed by atoms with van der Waals surface area (Å²) in [7, 11) is 1.83. The largest absolute Gasteiger partial charge is 0.380 e. The molecule has 0 saturated carbocycles. The number of hydrogen-bond acceptors (Lipinski definition) is 3. The molecule has 0 aromatic heterocycles. The number of hydrogen-bond donors (Lipinski definition) is 1. The van der Waals surface area contributed by atoms with Crippen LogP contribution in [0.3, 0.4) is 0 Å². The molecule has 0 aliphatic carbocycles. The number of methoxy groups -OCH3 is 1. The monoisotopic (exact) mass is 234 g/mol. The van der Waals surface area contributed by atoms with Gasteiger partial charge in [-0.2, -0.15) is 0 Å². The Morgan fingerprint density at radius 1 is 1.53 bits per heavy atom. The lowest BCUT2D eigenvalue weighted by Crippen LogP contribution is -2.36. The molecule has 0 radical (unpaired) electrons. The van der Waals surface area contributed by atoms with Gasteiger partial charge in [0.2, 0.25) is 0 Å². The van der Waals surface area contributed by atoms with Crippen LogP contribution >= 0.6 is 12.4 Å². The molecule has 1 N–H and O–H groups in total. The minimum atomic E-state index is 0. The first-order chi connectivity index (χ1) is 6.72. The molecule has 2 rings (SSSR count). The van der Waals surface area contributed by atoms with E-state index in [0.717, 1.165) is 6.54 Å². The third-order valence-electron chi connectivity index (χ3n) is 3.62. The Hall–Kier alpha value is 0.170. The van der Waals surface area contributed by atoms with Crippen molar-refractivity contribution in [1.82, 2.24) is 10.2 Å². The highest BCUT2D eigenvalue weighted by molar-refractivity contribution is 5.85. The third kappa shape index (κ3) is 3.31. The summed E-state index contributed by atoms with van der Waals surface area (Å²) < 4.78 is 5.38. The van der Waals surface area contributed by atoms with Crippen LogP contribution in [0.15, 0.2) is 0 Å². The fourth-order valence-corrected chi connectivity index (χ4v) is 2.68. The summed E-state index contributed by atoms with van der Waals surface area (Å²) in [5.74, 6) is 0. The number of nitrogens with zero attached hydrogens (tertiary/aromatic N) is 1. The zero-order valence-electron chi connectivity index (χ0n) is 9.79. The van der Waals surface area contributed by atoms with Crippen molar-refractivity contribution in [3.05, 3.63) is 0 Å². The maximum absolute atomic E-state index is 5.38. The molecule has 2 aliphatic heterocycles. The highest BCUT2D eigenvalue weighted by Crippen LogP contribution is 2.27. The zero-order chi connectivity index (χ0) is 10.0. The molecule has 15 heavy (non-hydrogen) atoms. The number of nitrogens with one attached hydrogen (secondary N) is 1. The number of rotatable bonds is 3. The van der Waals surface area contributed by atoms with Gasteiger partial charge >= 0.3 is 0 Å². The van der Waals surface area contributed by atoms with Crippen molar-refractivity contribution < 1.29 is 4.74 Å². The van der Waals surface area contributed by atoms with Crippen LogP contribution in [0.5, 0.6) is 0 Å². The molecule has 2 atom stereocenters. The Morgan fingerprint density at radius 2 is 2.33 bits per heavy atom. The van der Waals surface area contributed by atoms with Gasteiger partial charge in [0.15, 0.2) is 0 Å². The average Bonchev–Trinajstić information content (AvgIpc) is 2.75. The molecule has 0 aromatic rings. The third-order valence-corrected chi connectivity index (χ3v) is 3.62. The molecule has 2 saturated heterocycles. The Kier molecular flexibility index (Phi) is 4.84. The Balaban J connectivity index is 0.00000112. The fourth-order valence-electron chi connectivity index (χ4n) is 2.68. The van der Waals surface area contributed by atoms with Crippen molar-refractivity contribution in [3.8, 4) is 0 Å². The lowest BCUT2D eigenvalue weighted by atomic mass is 9.89. The first-order valence-corrected chi connectivity index (χ1v) is 5.68. The number of likely N-dealkylation sites (tertiary alicyclic amines) is 1. The Bertz CT molecular complexity index is 195. The molecule has 0 spiro atoms. The molecule has 0 aromatic carbocycles. The van der Waals surface area contributed by atoms with Crippen molar-refractivity contribution in [1.29, 1.82) is 0 Å². The van der Waals surface area contributed by atoms with Crippen LogP contribution in [0.2, 0.25) is 0 Å². The van der Waals surface area contributed by atoms with E-state index in [-0.39, 0.29) is 12.4 Å². The van der Waals surface area contributed by atoms with Crippen LogP contribution in [-0.4, -0.2) is 50.8 Å². The van der Waals surface area contributed by atoms with E-state index in [1.807, 2.05) is 7.11 Å².